The Hall–Kier alpha value is -0.580. The van der Waals surface area contributed by atoms with Gasteiger partial charge < -0.3 is 10.8 Å². The Balaban J connectivity index is 3.29. The molecular formula is C9H16ClN3O. The number of aromatic nitrogens is 2. The molecule has 0 aliphatic heterocycles. The summed E-state index contributed by atoms with van der Waals surface area (Å²) in [6.07, 6.45) is 0. The summed E-state index contributed by atoms with van der Waals surface area (Å²) in [6.45, 7) is 4.05. The van der Waals surface area contributed by atoms with E-state index in [1.165, 1.54) is 0 Å². The molecule has 0 spiro atoms. The van der Waals surface area contributed by atoms with Crippen molar-refractivity contribution in [1.82, 2.24) is 9.78 Å². The van der Waals surface area contributed by atoms with E-state index in [1.54, 1.807) is 11.7 Å². The number of halogens is 1. The normalized spacial score (nSPS) is 15.6. The molecule has 0 bridgehead atoms. The van der Waals surface area contributed by atoms with Gasteiger partial charge in [-0.1, -0.05) is 18.5 Å². The molecule has 0 saturated heterocycles. The number of aliphatic hydroxyl groups is 1. The van der Waals surface area contributed by atoms with Crippen LogP contribution >= 0.6 is 11.6 Å². The van der Waals surface area contributed by atoms with E-state index in [0.717, 1.165) is 11.3 Å². The third kappa shape index (κ3) is 1.65. The number of hydrogen-bond donors (Lipinski definition) is 2. The molecule has 0 aliphatic carbocycles. The van der Waals surface area contributed by atoms with Gasteiger partial charge in [-0.25, -0.2) is 0 Å². The highest BCUT2D eigenvalue weighted by Gasteiger charge is 2.31. The fourth-order valence-electron chi connectivity index (χ4n) is 1.56. The maximum Gasteiger partial charge on any atom is 0.130 e. The lowest BCUT2D eigenvalue weighted by Crippen LogP contribution is -2.36. The van der Waals surface area contributed by atoms with Crippen molar-refractivity contribution in [2.45, 2.75) is 19.3 Å². The quantitative estimate of drug-likeness (QED) is 0.779. The summed E-state index contributed by atoms with van der Waals surface area (Å²) in [4.78, 5) is 0. The molecule has 80 valence electrons. The van der Waals surface area contributed by atoms with Gasteiger partial charge in [0.25, 0.3) is 0 Å². The summed E-state index contributed by atoms with van der Waals surface area (Å²) in [5, 5.41) is 14.1. The van der Waals surface area contributed by atoms with Gasteiger partial charge in [0.1, 0.15) is 5.15 Å². The predicted molar refractivity (Wildman–Crippen MR) is 56.4 cm³/mol. The van der Waals surface area contributed by atoms with Crippen molar-refractivity contribution < 1.29 is 5.11 Å². The van der Waals surface area contributed by atoms with Crippen molar-refractivity contribution in [3.8, 4) is 0 Å². The van der Waals surface area contributed by atoms with Crippen molar-refractivity contribution >= 4 is 11.6 Å². The first kappa shape index (κ1) is 11.5. The van der Waals surface area contributed by atoms with Crippen LogP contribution in [0.5, 0.6) is 0 Å². The van der Waals surface area contributed by atoms with Crippen molar-refractivity contribution in [3.63, 3.8) is 0 Å². The highest BCUT2D eigenvalue weighted by molar-refractivity contribution is 6.30. The van der Waals surface area contributed by atoms with Crippen LogP contribution in [0, 0.1) is 6.92 Å². The Bertz CT molecular complexity index is 331. The van der Waals surface area contributed by atoms with Crippen LogP contribution in [0.25, 0.3) is 0 Å². The number of aryl methyl sites for hydroxylation is 2. The van der Waals surface area contributed by atoms with Gasteiger partial charge in [-0.05, 0) is 6.92 Å². The largest absolute Gasteiger partial charge is 0.395 e. The third-order valence-electron chi connectivity index (χ3n) is 2.56. The smallest absolute Gasteiger partial charge is 0.130 e. The van der Waals surface area contributed by atoms with Gasteiger partial charge in [0.05, 0.1) is 12.3 Å². The van der Waals surface area contributed by atoms with Crippen LogP contribution in [0.3, 0.4) is 0 Å². The summed E-state index contributed by atoms with van der Waals surface area (Å²) in [5.41, 5.74) is 6.79. The molecule has 1 aromatic rings. The predicted octanol–water partition coefficient (Wildman–Crippen LogP) is 0.591. The summed E-state index contributed by atoms with van der Waals surface area (Å²) >= 11 is 6.09. The minimum absolute atomic E-state index is 0.0320. The maximum atomic E-state index is 9.32. The van der Waals surface area contributed by atoms with Crippen LogP contribution in [-0.2, 0) is 12.5 Å². The second kappa shape index (κ2) is 3.88. The molecule has 0 aromatic carbocycles. The maximum absolute atomic E-state index is 9.32. The molecule has 0 saturated carbocycles. The number of aliphatic hydroxyl groups excluding tert-OH is 1. The van der Waals surface area contributed by atoms with E-state index >= 15 is 0 Å². The lowest BCUT2D eigenvalue weighted by Gasteiger charge is -2.25. The Labute approximate surface area is 88.7 Å². The van der Waals surface area contributed by atoms with Gasteiger partial charge in [-0.15, -0.1) is 0 Å². The summed E-state index contributed by atoms with van der Waals surface area (Å²) in [5.74, 6) is 0. The van der Waals surface area contributed by atoms with Crippen LogP contribution in [0.1, 0.15) is 18.2 Å². The molecule has 1 rings (SSSR count). The third-order valence-corrected chi connectivity index (χ3v) is 2.99. The Kier molecular flexibility index (Phi) is 3.19. The monoisotopic (exact) mass is 217 g/mol. The fraction of sp³-hybridized carbons (Fsp3) is 0.667. The van der Waals surface area contributed by atoms with E-state index in [2.05, 4.69) is 5.10 Å². The average Bonchev–Trinajstić information content (AvgIpc) is 2.41. The number of hydrogen-bond acceptors (Lipinski definition) is 3. The number of nitrogens with two attached hydrogens (primary N) is 1. The SMILES string of the molecule is Cc1nn(C)c(Cl)c1C(C)(CN)CO. The van der Waals surface area contributed by atoms with E-state index in [9.17, 15) is 5.11 Å². The first-order chi connectivity index (χ1) is 6.46. The molecule has 1 aromatic heterocycles. The molecule has 0 aliphatic rings. The average molecular weight is 218 g/mol. The van der Waals surface area contributed by atoms with E-state index in [0.29, 0.717) is 11.7 Å². The second-order valence-electron chi connectivity index (χ2n) is 3.80. The summed E-state index contributed by atoms with van der Waals surface area (Å²) < 4.78 is 1.59. The minimum Gasteiger partial charge on any atom is -0.395 e. The highest BCUT2D eigenvalue weighted by Crippen LogP contribution is 2.31. The molecular weight excluding hydrogens is 202 g/mol. The van der Waals surface area contributed by atoms with Gasteiger partial charge in [0, 0.05) is 24.6 Å². The Morgan fingerprint density at radius 3 is 2.50 bits per heavy atom. The van der Waals surface area contributed by atoms with E-state index in [4.69, 9.17) is 17.3 Å². The zero-order valence-electron chi connectivity index (χ0n) is 8.71. The van der Waals surface area contributed by atoms with E-state index in [-0.39, 0.29) is 6.61 Å². The molecule has 0 radical (unpaired) electrons. The van der Waals surface area contributed by atoms with E-state index in [1.807, 2.05) is 13.8 Å². The molecule has 14 heavy (non-hydrogen) atoms. The fourth-order valence-corrected chi connectivity index (χ4v) is 1.96. The second-order valence-corrected chi connectivity index (χ2v) is 4.16. The first-order valence-corrected chi connectivity index (χ1v) is 4.84. The number of rotatable bonds is 3. The van der Waals surface area contributed by atoms with Gasteiger partial charge in [-0.2, -0.15) is 5.10 Å². The molecule has 5 heteroatoms. The van der Waals surface area contributed by atoms with Gasteiger partial charge in [0.2, 0.25) is 0 Å². The Morgan fingerprint density at radius 1 is 1.64 bits per heavy atom. The minimum atomic E-state index is -0.505. The lowest BCUT2D eigenvalue weighted by molar-refractivity contribution is 0.210. The van der Waals surface area contributed by atoms with Crippen molar-refractivity contribution in [2.75, 3.05) is 13.2 Å². The lowest BCUT2D eigenvalue weighted by atomic mass is 9.84. The molecule has 0 amide bonds. The van der Waals surface area contributed by atoms with E-state index < -0.39 is 5.41 Å². The van der Waals surface area contributed by atoms with Crippen LogP contribution in [0.4, 0.5) is 0 Å². The van der Waals surface area contributed by atoms with Gasteiger partial charge >= 0.3 is 0 Å². The zero-order valence-corrected chi connectivity index (χ0v) is 9.47. The van der Waals surface area contributed by atoms with Gasteiger partial charge in [-0.3, -0.25) is 4.68 Å². The van der Waals surface area contributed by atoms with Crippen LogP contribution in [-0.4, -0.2) is 28.0 Å². The summed E-state index contributed by atoms with van der Waals surface area (Å²) in [7, 11) is 1.77. The van der Waals surface area contributed by atoms with Crippen LogP contribution in [0.15, 0.2) is 0 Å². The molecule has 1 unspecified atom stereocenters. The van der Waals surface area contributed by atoms with Crippen molar-refractivity contribution in [3.05, 3.63) is 16.4 Å². The Morgan fingerprint density at radius 2 is 2.21 bits per heavy atom. The molecule has 1 heterocycles. The molecule has 0 fully saturated rings. The van der Waals surface area contributed by atoms with Gasteiger partial charge in [0.15, 0.2) is 0 Å². The molecule has 4 nitrogen and oxygen atoms in total. The number of nitrogens with zero attached hydrogens (tertiary/aromatic N) is 2. The van der Waals surface area contributed by atoms with Crippen molar-refractivity contribution in [2.24, 2.45) is 12.8 Å². The van der Waals surface area contributed by atoms with Crippen LogP contribution < -0.4 is 5.73 Å². The standard InChI is InChI=1S/C9H16ClN3O/c1-6-7(8(10)13(3)12-6)9(2,4-11)5-14/h14H,4-5,11H2,1-3H3. The van der Waals surface area contributed by atoms with Crippen molar-refractivity contribution in [1.29, 1.82) is 0 Å². The highest BCUT2D eigenvalue weighted by atomic mass is 35.5. The molecule has 3 N–H and O–H groups in total. The zero-order chi connectivity index (χ0) is 10.9. The van der Waals surface area contributed by atoms with Crippen LogP contribution in [0.2, 0.25) is 5.15 Å². The first-order valence-electron chi connectivity index (χ1n) is 4.46. The topological polar surface area (TPSA) is 64.1 Å². The summed E-state index contributed by atoms with van der Waals surface area (Å²) in [6, 6.07) is 0. The molecule has 1 atom stereocenters.